The zero-order valence-electron chi connectivity index (χ0n) is 10.7. The van der Waals surface area contributed by atoms with Crippen LogP contribution in [0.25, 0.3) is 6.08 Å². The maximum absolute atomic E-state index is 4.34. The highest BCUT2D eigenvalue weighted by Gasteiger charge is 2.03. The molecule has 0 saturated heterocycles. The zero-order valence-corrected chi connectivity index (χ0v) is 12.3. The molecule has 0 aromatic carbocycles. The van der Waals surface area contributed by atoms with Crippen LogP contribution in [-0.4, -0.2) is 22.9 Å². The summed E-state index contributed by atoms with van der Waals surface area (Å²) < 4.78 is 3.11. The molecule has 1 aromatic heterocycles. The molecule has 96 valence electrons. The lowest BCUT2D eigenvalue weighted by atomic mass is 10.3. The van der Waals surface area contributed by atoms with E-state index in [1.54, 1.807) is 0 Å². The number of nitrogens with zero attached hydrogens (tertiary/aromatic N) is 2. The van der Waals surface area contributed by atoms with Gasteiger partial charge >= 0.3 is 0 Å². The standard InChI is InChI=1S/C13H22BrN3/c1-3-8-15-9-6-5-7-13-12(14)11-16-17(13)10-4-2/h5,7,11,15H,3-4,6,8-10H2,1-2H3/b7-5+. The van der Waals surface area contributed by atoms with Gasteiger partial charge in [-0.2, -0.15) is 5.10 Å². The molecule has 1 heterocycles. The molecule has 0 aliphatic rings. The molecule has 4 heteroatoms. The van der Waals surface area contributed by atoms with E-state index in [0.717, 1.165) is 36.9 Å². The summed E-state index contributed by atoms with van der Waals surface area (Å²) in [6.07, 6.45) is 9.58. The van der Waals surface area contributed by atoms with Crippen LogP contribution in [0.2, 0.25) is 0 Å². The van der Waals surface area contributed by atoms with Gasteiger partial charge in [0.25, 0.3) is 0 Å². The van der Waals surface area contributed by atoms with Crippen LogP contribution < -0.4 is 5.32 Å². The Bertz CT molecular complexity index is 344. The van der Waals surface area contributed by atoms with Gasteiger partial charge in [0.05, 0.1) is 16.4 Å². The number of nitrogens with one attached hydrogen (secondary N) is 1. The molecule has 1 rings (SSSR count). The van der Waals surface area contributed by atoms with Crippen molar-refractivity contribution in [1.29, 1.82) is 0 Å². The zero-order chi connectivity index (χ0) is 12.5. The third-order valence-corrected chi connectivity index (χ3v) is 3.07. The molecule has 0 fully saturated rings. The highest BCUT2D eigenvalue weighted by Crippen LogP contribution is 2.18. The van der Waals surface area contributed by atoms with E-state index >= 15 is 0 Å². The van der Waals surface area contributed by atoms with Crippen molar-refractivity contribution in [3.8, 4) is 0 Å². The Labute approximate surface area is 112 Å². The van der Waals surface area contributed by atoms with Crippen LogP contribution in [0.15, 0.2) is 16.7 Å². The molecule has 0 spiro atoms. The minimum atomic E-state index is 0.972. The topological polar surface area (TPSA) is 29.9 Å². The first kappa shape index (κ1) is 14.5. The lowest BCUT2D eigenvalue weighted by molar-refractivity contribution is 0.597. The summed E-state index contributed by atoms with van der Waals surface area (Å²) in [6, 6.07) is 0. The lowest BCUT2D eigenvalue weighted by Gasteiger charge is -2.02. The smallest absolute Gasteiger partial charge is 0.0749 e. The number of hydrogen-bond donors (Lipinski definition) is 1. The predicted molar refractivity (Wildman–Crippen MR) is 77.0 cm³/mol. The van der Waals surface area contributed by atoms with Crippen molar-refractivity contribution < 1.29 is 0 Å². The van der Waals surface area contributed by atoms with Crippen molar-refractivity contribution in [3.05, 3.63) is 22.4 Å². The maximum atomic E-state index is 4.34. The maximum Gasteiger partial charge on any atom is 0.0749 e. The molecule has 0 saturated carbocycles. The van der Waals surface area contributed by atoms with E-state index < -0.39 is 0 Å². The fraction of sp³-hybridized carbons (Fsp3) is 0.615. The number of aromatic nitrogens is 2. The van der Waals surface area contributed by atoms with Crippen molar-refractivity contribution in [1.82, 2.24) is 15.1 Å². The number of hydrogen-bond acceptors (Lipinski definition) is 2. The van der Waals surface area contributed by atoms with Crippen LogP contribution >= 0.6 is 15.9 Å². The minimum absolute atomic E-state index is 0.972. The van der Waals surface area contributed by atoms with Gasteiger partial charge in [-0.05, 0) is 54.4 Å². The highest BCUT2D eigenvalue weighted by atomic mass is 79.9. The highest BCUT2D eigenvalue weighted by molar-refractivity contribution is 9.10. The van der Waals surface area contributed by atoms with Crippen LogP contribution in [0.3, 0.4) is 0 Å². The molecule has 0 aliphatic carbocycles. The lowest BCUT2D eigenvalue weighted by Crippen LogP contribution is -2.15. The van der Waals surface area contributed by atoms with Crippen molar-refractivity contribution >= 4 is 22.0 Å². The Morgan fingerprint density at radius 3 is 2.88 bits per heavy atom. The Kier molecular flexibility index (Phi) is 7.21. The second-order valence-electron chi connectivity index (χ2n) is 4.04. The molecule has 0 atom stereocenters. The summed E-state index contributed by atoms with van der Waals surface area (Å²) >= 11 is 3.53. The molecule has 1 aromatic rings. The van der Waals surface area contributed by atoms with Crippen molar-refractivity contribution in [2.24, 2.45) is 0 Å². The fourth-order valence-electron chi connectivity index (χ4n) is 1.61. The Morgan fingerprint density at radius 2 is 2.18 bits per heavy atom. The predicted octanol–water partition coefficient (Wildman–Crippen LogP) is 3.46. The molecular weight excluding hydrogens is 278 g/mol. The normalized spacial score (nSPS) is 11.5. The largest absolute Gasteiger partial charge is 0.316 e. The Morgan fingerprint density at radius 1 is 1.35 bits per heavy atom. The van der Waals surface area contributed by atoms with E-state index in [4.69, 9.17) is 0 Å². The van der Waals surface area contributed by atoms with Gasteiger partial charge in [-0.15, -0.1) is 0 Å². The molecule has 0 amide bonds. The van der Waals surface area contributed by atoms with Gasteiger partial charge < -0.3 is 5.32 Å². The summed E-state index contributed by atoms with van der Waals surface area (Å²) in [4.78, 5) is 0. The van der Waals surface area contributed by atoms with Crippen molar-refractivity contribution in [3.63, 3.8) is 0 Å². The van der Waals surface area contributed by atoms with Gasteiger partial charge in [-0.1, -0.05) is 19.9 Å². The fourth-order valence-corrected chi connectivity index (χ4v) is 2.04. The first-order chi connectivity index (χ1) is 8.29. The minimum Gasteiger partial charge on any atom is -0.316 e. The summed E-state index contributed by atoms with van der Waals surface area (Å²) in [5, 5.41) is 7.72. The third-order valence-electron chi connectivity index (χ3n) is 2.46. The average Bonchev–Trinajstić information content (AvgIpc) is 2.66. The van der Waals surface area contributed by atoms with Crippen LogP contribution in [0, 0.1) is 0 Å². The number of aryl methyl sites for hydroxylation is 1. The van der Waals surface area contributed by atoms with Gasteiger partial charge in [-0.25, -0.2) is 0 Å². The summed E-state index contributed by atoms with van der Waals surface area (Å²) in [7, 11) is 0. The first-order valence-corrected chi connectivity index (χ1v) is 7.17. The summed E-state index contributed by atoms with van der Waals surface area (Å²) in [6.45, 7) is 7.47. The molecule has 0 unspecified atom stereocenters. The average molecular weight is 300 g/mol. The molecule has 1 N–H and O–H groups in total. The van der Waals surface area contributed by atoms with E-state index in [9.17, 15) is 0 Å². The van der Waals surface area contributed by atoms with Gasteiger partial charge in [0.1, 0.15) is 0 Å². The Balaban J connectivity index is 2.43. The van der Waals surface area contributed by atoms with Gasteiger partial charge in [0.2, 0.25) is 0 Å². The monoisotopic (exact) mass is 299 g/mol. The van der Waals surface area contributed by atoms with Gasteiger partial charge in [0.15, 0.2) is 0 Å². The van der Waals surface area contributed by atoms with Crippen molar-refractivity contribution in [2.75, 3.05) is 13.1 Å². The number of halogens is 1. The SMILES string of the molecule is CCCNCC/C=C/c1c(Br)cnn1CCC. The van der Waals surface area contributed by atoms with Gasteiger partial charge in [-0.3, -0.25) is 4.68 Å². The molecular formula is C13H22BrN3. The summed E-state index contributed by atoms with van der Waals surface area (Å²) in [5.74, 6) is 0. The molecule has 17 heavy (non-hydrogen) atoms. The quantitative estimate of drug-likeness (QED) is 0.745. The van der Waals surface area contributed by atoms with Gasteiger partial charge in [0, 0.05) is 6.54 Å². The second-order valence-corrected chi connectivity index (χ2v) is 4.90. The van der Waals surface area contributed by atoms with Crippen LogP contribution in [-0.2, 0) is 6.54 Å². The molecule has 0 bridgehead atoms. The van der Waals surface area contributed by atoms with Crippen LogP contribution in [0.4, 0.5) is 0 Å². The molecule has 0 aliphatic heterocycles. The van der Waals surface area contributed by atoms with Crippen LogP contribution in [0.1, 0.15) is 38.8 Å². The number of rotatable bonds is 8. The van der Waals surface area contributed by atoms with E-state index in [0.29, 0.717) is 0 Å². The molecule has 3 nitrogen and oxygen atoms in total. The van der Waals surface area contributed by atoms with E-state index in [1.165, 1.54) is 12.1 Å². The van der Waals surface area contributed by atoms with E-state index in [-0.39, 0.29) is 0 Å². The molecule has 0 radical (unpaired) electrons. The summed E-state index contributed by atoms with van der Waals surface area (Å²) in [5.41, 5.74) is 1.17. The van der Waals surface area contributed by atoms with E-state index in [2.05, 4.69) is 52.3 Å². The van der Waals surface area contributed by atoms with E-state index in [1.807, 2.05) is 10.9 Å². The van der Waals surface area contributed by atoms with Crippen LogP contribution in [0.5, 0.6) is 0 Å². The van der Waals surface area contributed by atoms with Crippen molar-refractivity contribution in [2.45, 2.75) is 39.7 Å². The third kappa shape index (κ3) is 5.04. The Hall–Kier alpha value is -0.610. The first-order valence-electron chi connectivity index (χ1n) is 6.38. The second kappa shape index (κ2) is 8.48.